The van der Waals surface area contributed by atoms with Crippen molar-refractivity contribution in [1.29, 1.82) is 0 Å². The predicted molar refractivity (Wildman–Crippen MR) is 81.6 cm³/mol. The molecule has 20 heavy (non-hydrogen) atoms. The Kier molecular flexibility index (Phi) is 5.30. The van der Waals surface area contributed by atoms with Gasteiger partial charge in [-0.05, 0) is 49.6 Å². The van der Waals surface area contributed by atoms with Crippen LogP contribution >= 0.6 is 0 Å². The van der Waals surface area contributed by atoms with Gasteiger partial charge < -0.3 is 5.32 Å². The lowest BCUT2D eigenvalue weighted by molar-refractivity contribution is 0.510. The third-order valence-corrected chi connectivity index (χ3v) is 3.47. The lowest BCUT2D eigenvalue weighted by Crippen LogP contribution is -2.26. The molecule has 0 aliphatic heterocycles. The van der Waals surface area contributed by atoms with E-state index in [2.05, 4.69) is 53.0 Å². The number of hydrogen-bond donors (Lipinski definition) is 1. The first-order valence-corrected chi connectivity index (χ1v) is 7.43. The second-order valence-corrected chi connectivity index (χ2v) is 5.10. The molecule has 2 rings (SSSR count). The molecule has 0 spiro atoms. The molecule has 1 N–H and O–H groups in total. The minimum absolute atomic E-state index is 0.165. The molecule has 1 unspecified atom stereocenters. The van der Waals surface area contributed by atoms with Gasteiger partial charge in [0.2, 0.25) is 0 Å². The van der Waals surface area contributed by atoms with Crippen LogP contribution in [0.3, 0.4) is 0 Å². The van der Waals surface area contributed by atoms with Crippen molar-refractivity contribution < 1.29 is 0 Å². The van der Waals surface area contributed by atoms with Crippen LogP contribution in [-0.4, -0.2) is 21.3 Å². The normalized spacial score (nSPS) is 12.6. The van der Waals surface area contributed by atoms with Gasteiger partial charge in [0, 0.05) is 25.1 Å². The summed E-state index contributed by atoms with van der Waals surface area (Å²) in [6.07, 6.45) is 7.89. The molecule has 0 fully saturated rings. The van der Waals surface area contributed by atoms with E-state index in [1.807, 2.05) is 18.6 Å². The van der Waals surface area contributed by atoms with Crippen molar-refractivity contribution >= 4 is 0 Å². The summed E-state index contributed by atoms with van der Waals surface area (Å²) in [6, 6.07) is 4.34. The van der Waals surface area contributed by atoms with E-state index in [1.54, 1.807) is 0 Å². The van der Waals surface area contributed by atoms with Crippen LogP contribution in [0.4, 0.5) is 0 Å². The number of rotatable bonds is 7. The van der Waals surface area contributed by atoms with Crippen LogP contribution < -0.4 is 5.32 Å². The average Bonchev–Trinajstić information content (AvgIpc) is 2.90. The SMILES string of the molecule is CCCNC(c1cnccc1C)c1ccnn1CCC. The molecule has 0 bridgehead atoms. The van der Waals surface area contributed by atoms with Gasteiger partial charge in [-0.3, -0.25) is 9.67 Å². The van der Waals surface area contributed by atoms with E-state index in [-0.39, 0.29) is 6.04 Å². The van der Waals surface area contributed by atoms with Crippen molar-refractivity contribution in [3.8, 4) is 0 Å². The van der Waals surface area contributed by atoms with E-state index >= 15 is 0 Å². The second-order valence-electron chi connectivity index (χ2n) is 5.10. The lowest BCUT2D eigenvalue weighted by atomic mass is 10.0. The molecule has 0 saturated heterocycles. The fourth-order valence-electron chi connectivity index (χ4n) is 2.43. The van der Waals surface area contributed by atoms with Crippen LogP contribution in [0.25, 0.3) is 0 Å². The Morgan fingerprint density at radius 1 is 1.20 bits per heavy atom. The number of aromatic nitrogens is 3. The van der Waals surface area contributed by atoms with Gasteiger partial charge in [-0.25, -0.2) is 0 Å². The third-order valence-electron chi connectivity index (χ3n) is 3.47. The highest BCUT2D eigenvalue weighted by molar-refractivity contribution is 5.31. The molecule has 0 aliphatic rings. The second kappa shape index (κ2) is 7.20. The van der Waals surface area contributed by atoms with Crippen LogP contribution in [0.1, 0.15) is 49.6 Å². The van der Waals surface area contributed by atoms with Crippen molar-refractivity contribution in [3.05, 3.63) is 47.5 Å². The van der Waals surface area contributed by atoms with Gasteiger partial charge in [-0.15, -0.1) is 0 Å². The first kappa shape index (κ1) is 14.7. The zero-order valence-electron chi connectivity index (χ0n) is 12.6. The highest BCUT2D eigenvalue weighted by atomic mass is 15.3. The number of hydrogen-bond acceptors (Lipinski definition) is 3. The molecule has 2 aromatic rings. The number of nitrogens with zero attached hydrogens (tertiary/aromatic N) is 3. The van der Waals surface area contributed by atoms with Gasteiger partial charge >= 0.3 is 0 Å². The minimum Gasteiger partial charge on any atom is -0.305 e. The molecule has 2 heterocycles. The summed E-state index contributed by atoms with van der Waals surface area (Å²) in [4.78, 5) is 4.29. The summed E-state index contributed by atoms with van der Waals surface area (Å²) in [5, 5.41) is 8.07. The molecule has 108 valence electrons. The summed E-state index contributed by atoms with van der Waals surface area (Å²) >= 11 is 0. The van der Waals surface area contributed by atoms with E-state index in [9.17, 15) is 0 Å². The largest absolute Gasteiger partial charge is 0.305 e. The zero-order chi connectivity index (χ0) is 14.4. The maximum absolute atomic E-state index is 4.45. The minimum atomic E-state index is 0.165. The van der Waals surface area contributed by atoms with Crippen LogP contribution in [0.15, 0.2) is 30.7 Å². The Morgan fingerprint density at radius 2 is 2.05 bits per heavy atom. The molecule has 4 nitrogen and oxygen atoms in total. The monoisotopic (exact) mass is 272 g/mol. The van der Waals surface area contributed by atoms with Gasteiger partial charge in [-0.2, -0.15) is 5.10 Å². The van der Waals surface area contributed by atoms with Crippen LogP contribution in [0.2, 0.25) is 0 Å². The molecule has 0 saturated carbocycles. The Hall–Kier alpha value is -1.68. The van der Waals surface area contributed by atoms with E-state index in [1.165, 1.54) is 16.8 Å². The Bertz CT molecular complexity index is 533. The summed E-state index contributed by atoms with van der Waals surface area (Å²) in [5.74, 6) is 0. The molecule has 0 amide bonds. The van der Waals surface area contributed by atoms with Crippen molar-refractivity contribution in [1.82, 2.24) is 20.1 Å². The van der Waals surface area contributed by atoms with E-state index in [0.29, 0.717) is 0 Å². The smallest absolute Gasteiger partial charge is 0.0765 e. The van der Waals surface area contributed by atoms with Crippen LogP contribution in [-0.2, 0) is 6.54 Å². The molecular weight excluding hydrogens is 248 g/mol. The number of aryl methyl sites for hydroxylation is 2. The maximum atomic E-state index is 4.45. The topological polar surface area (TPSA) is 42.7 Å². The summed E-state index contributed by atoms with van der Waals surface area (Å²) in [5.41, 5.74) is 3.72. The van der Waals surface area contributed by atoms with E-state index in [0.717, 1.165) is 25.9 Å². The number of nitrogens with one attached hydrogen (secondary N) is 1. The fourth-order valence-corrected chi connectivity index (χ4v) is 2.43. The van der Waals surface area contributed by atoms with Gasteiger partial charge in [-0.1, -0.05) is 13.8 Å². The maximum Gasteiger partial charge on any atom is 0.0765 e. The summed E-state index contributed by atoms with van der Waals surface area (Å²) in [6.45, 7) is 8.43. The molecule has 4 heteroatoms. The van der Waals surface area contributed by atoms with Gasteiger partial charge in [0.1, 0.15) is 0 Å². The molecule has 0 aliphatic carbocycles. The van der Waals surface area contributed by atoms with Crippen molar-refractivity contribution in [2.24, 2.45) is 0 Å². The van der Waals surface area contributed by atoms with Crippen LogP contribution in [0, 0.1) is 6.92 Å². The van der Waals surface area contributed by atoms with Crippen molar-refractivity contribution in [2.45, 2.75) is 46.2 Å². The summed E-state index contributed by atoms with van der Waals surface area (Å²) in [7, 11) is 0. The highest BCUT2D eigenvalue weighted by Gasteiger charge is 2.19. The van der Waals surface area contributed by atoms with E-state index in [4.69, 9.17) is 0 Å². The average molecular weight is 272 g/mol. The first-order valence-electron chi connectivity index (χ1n) is 7.43. The lowest BCUT2D eigenvalue weighted by Gasteiger charge is -2.21. The molecule has 1 atom stereocenters. The predicted octanol–water partition coefficient (Wildman–Crippen LogP) is 3.09. The Balaban J connectivity index is 2.37. The molecular formula is C16H24N4. The zero-order valence-corrected chi connectivity index (χ0v) is 12.6. The molecule has 0 radical (unpaired) electrons. The molecule has 0 aromatic carbocycles. The summed E-state index contributed by atoms with van der Waals surface area (Å²) < 4.78 is 2.10. The molecule has 2 aromatic heterocycles. The Morgan fingerprint density at radius 3 is 2.75 bits per heavy atom. The fraction of sp³-hybridized carbons (Fsp3) is 0.500. The third kappa shape index (κ3) is 3.25. The van der Waals surface area contributed by atoms with Gasteiger partial charge in [0.15, 0.2) is 0 Å². The van der Waals surface area contributed by atoms with Crippen molar-refractivity contribution in [3.63, 3.8) is 0 Å². The van der Waals surface area contributed by atoms with E-state index < -0.39 is 0 Å². The number of pyridine rings is 1. The van der Waals surface area contributed by atoms with Crippen molar-refractivity contribution in [2.75, 3.05) is 6.54 Å². The standard InChI is InChI=1S/C16H24N4/c1-4-8-18-16(14-12-17-9-6-13(14)3)15-7-10-19-20(15)11-5-2/h6-7,9-10,12,16,18H,4-5,8,11H2,1-3H3. The highest BCUT2D eigenvalue weighted by Crippen LogP contribution is 2.24. The quantitative estimate of drug-likeness (QED) is 0.842. The van der Waals surface area contributed by atoms with Gasteiger partial charge in [0.25, 0.3) is 0 Å². The van der Waals surface area contributed by atoms with Gasteiger partial charge in [0.05, 0.1) is 11.7 Å². The Labute approximate surface area is 121 Å². The van der Waals surface area contributed by atoms with Crippen LogP contribution in [0.5, 0.6) is 0 Å². The first-order chi connectivity index (χ1) is 9.77.